The van der Waals surface area contributed by atoms with Gasteiger partial charge in [0.1, 0.15) is 0 Å². The molecule has 164 valence electrons. The van der Waals surface area contributed by atoms with Crippen LogP contribution < -0.4 is 51.4 Å². The SMILES string of the molecule is CCCCCCCCCC(O)CCCCCCCCC(CCC)S(=O)(=O)[O-].[K+]. The van der Waals surface area contributed by atoms with Gasteiger partial charge in [0, 0.05) is 5.25 Å². The van der Waals surface area contributed by atoms with Crippen molar-refractivity contribution < 1.29 is 69.5 Å². The Hall–Kier alpha value is 1.51. The molecular weight excluding hydrogens is 399 g/mol. The molecule has 0 aliphatic rings. The van der Waals surface area contributed by atoms with Crippen LogP contribution in [0.25, 0.3) is 0 Å². The second-order valence-electron chi connectivity index (χ2n) is 8.17. The number of aliphatic hydroxyl groups is 1. The Bertz CT molecular complexity index is 415. The molecule has 0 aromatic rings. The van der Waals surface area contributed by atoms with Crippen molar-refractivity contribution in [2.45, 2.75) is 141 Å². The van der Waals surface area contributed by atoms with E-state index in [1.54, 1.807) is 0 Å². The number of hydrogen-bond donors (Lipinski definition) is 1. The van der Waals surface area contributed by atoms with Crippen LogP contribution >= 0.6 is 0 Å². The van der Waals surface area contributed by atoms with E-state index in [1.165, 1.54) is 38.5 Å². The zero-order chi connectivity index (χ0) is 20.4. The largest absolute Gasteiger partial charge is 1.00 e. The number of rotatable bonds is 20. The summed E-state index contributed by atoms with van der Waals surface area (Å²) >= 11 is 0. The first kappa shape index (κ1) is 31.7. The van der Waals surface area contributed by atoms with Crippen molar-refractivity contribution in [2.24, 2.45) is 0 Å². The van der Waals surface area contributed by atoms with Crippen LogP contribution in [0.5, 0.6) is 0 Å². The van der Waals surface area contributed by atoms with E-state index < -0.39 is 15.4 Å². The van der Waals surface area contributed by atoms with E-state index in [-0.39, 0.29) is 57.5 Å². The van der Waals surface area contributed by atoms with E-state index in [0.717, 1.165) is 64.2 Å². The van der Waals surface area contributed by atoms with Crippen LogP contribution in [0.1, 0.15) is 129 Å². The summed E-state index contributed by atoms with van der Waals surface area (Å²) in [6.45, 7) is 4.15. The molecule has 0 saturated heterocycles. The van der Waals surface area contributed by atoms with E-state index in [9.17, 15) is 18.1 Å². The van der Waals surface area contributed by atoms with Crippen LogP contribution in [0.2, 0.25) is 0 Å². The number of aliphatic hydroxyl groups excluding tert-OH is 1. The average Bonchev–Trinajstić information content (AvgIpc) is 2.61. The van der Waals surface area contributed by atoms with Gasteiger partial charge in [0.2, 0.25) is 0 Å². The Morgan fingerprint density at radius 1 is 0.643 bits per heavy atom. The van der Waals surface area contributed by atoms with Crippen LogP contribution in [0.3, 0.4) is 0 Å². The fraction of sp³-hybridized carbons (Fsp3) is 1.00. The van der Waals surface area contributed by atoms with E-state index in [4.69, 9.17) is 0 Å². The molecule has 6 heteroatoms. The molecule has 0 amide bonds. The molecule has 0 fully saturated rings. The van der Waals surface area contributed by atoms with Crippen molar-refractivity contribution >= 4 is 10.1 Å². The first-order valence-corrected chi connectivity index (χ1v) is 13.0. The Labute approximate surface area is 218 Å². The average molecular weight is 445 g/mol. The van der Waals surface area contributed by atoms with Crippen molar-refractivity contribution in [1.29, 1.82) is 0 Å². The Morgan fingerprint density at radius 3 is 1.43 bits per heavy atom. The molecule has 4 nitrogen and oxygen atoms in total. The van der Waals surface area contributed by atoms with Gasteiger partial charge in [0.25, 0.3) is 0 Å². The van der Waals surface area contributed by atoms with E-state index >= 15 is 0 Å². The van der Waals surface area contributed by atoms with Crippen molar-refractivity contribution in [3.63, 3.8) is 0 Å². The zero-order valence-corrected chi connectivity index (χ0v) is 22.9. The maximum absolute atomic E-state index is 11.2. The number of hydrogen-bond acceptors (Lipinski definition) is 4. The summed E-state index contributed by atoms with van der Waals surface area (Å²) in [6, 6.07) is 0. The fourth-order valence-corrected chi connectivity index (χ4v) is 4.68. The quantitative estimate of drug-likeness (QED) is 0.177. The molecule has 0 aromatic carbocycles. The minimum Gasteiger partial charge on any atom is -0.748 e. The summed E-state index contributed by atoms with van der Waals surface area (Å²) in [4.78, 5) is 0. The molecule has 2 atom stereocenters. The van der Waals surface area contributed by atoms with Gasteiger partial charge in [-0.15, -0.1) is 0 Å². The molecule has 0 radical (unpaired) electrons. The second kappa shape index (κ2) is 21.7. The molecule has 0 aliphatic carbocycles. The topological polar surface area (TPSA) is 77.4 Å². The van der Waals surface area contributed by atoms with Gasteiger partial charge in [-0.05, 0) is 25.7 Å². The predicted molar refractivity (Wildman–Crippen MR) is 114 cm³/mol. The maximum Gasteiger partial charge on any atom is 1.00 e. The summed E-state index contributed by atoms with van der Waals surface area (Å²) in [6.07, 6.45) is 18.7. The molecule has 0 aromatic heterocycles. The summed E-state index contributed by atoms with van der Waals surface area (Å²) in [7, 11) is -4.13. The third-order valence-electron chi connectivity index (χ3n) is 5.47. The smallest absolute Gasteiger partial charge is 0.748 e. The second-order valence-corrected chi connectivity index (χ2v) is 9.82. The van der Waals surface area contributed by atoms with E-state index in [0.29, 0.717) is 12.8 Å². The van der Waals surface area contributed by atoms with Crippen molar-refractivity contribution in [3.05, 3.63) is 0 Å². The minimum atomic E-state index is -4.13. The third kappa shape index (κ3) is 20.8. The summed E-state index contributed by atoms with van der Waals surface area (Å²) in [5.74, 6) is 0. The summed E-state index contributed by atoms with van der Waals surface area (Å²) < 4.78 is 33.5. The van der Waals surface area contributed by atoms with Crippen molar-refractivity contribution in [2.75, 3.05) is 0 Å². The van der Waals surface area contributed by atoms with Gasteiger partial charge in [0.15, 0.2) is 0 Å². The molecule has 28 heavy (non-hydrogen) atoms. The van der Waals surface area contributed by atoms with Crippen LogP contribution in [0, 0.1) is 0 Å². The Morgan fingerprint density at radius 2 is 1.04 bits per heavy atom. The Balaban J connectivity index is 0. The molecular formula is C22H45KO4S. The van der Waals surface area contributed by atoms with E-state index in [1.807, 2.05) is 6.92 Å². The normalized spacial score (nSPS) is 13.9. The van der Waals surface area contributed by atoms with Crippen LogP contribution in [0.15, 0.2) is 0 Å². The minimum absolute atomic E-state index is 0. The molecule has 1 N–H and O–H groups in total. The van der Waals surface area contributed by atoms with Crippen molar-refractivity contribution in [3.8, 4) is 0 Å². The Kier molecular flexibility index (Phi) is 24.6. The van der Waals surface area contributed by atoms with Crippen LogP contribution in [-0.2, 0) is 10.1 Å². The number of unbranched alkanes of at least 4 members (excludes halogenated alkanes) is 11. The third-order valence-corrected chi connectivity index (χ3v) is 6.76. The molecule has 0 heterocycles. The molecule has 0 rings (SSSR count). The van der Waals surface area contributed by atoms with Gasteiger partial charge in [-0.25, -0.2) is 8.42 Å². The molecule has 0 saturated carbocycles. The molecule has 0 aliphatic heterocycles. The van der Waals surface area contributed by atoms with Gasteiger partial charge in [-0.2, -0.15) is 0 Å². The molecule has 2 unspecified atom stereocenters. The molecule has 0 bridgehead atoms. The van der Waals surface area contributed by atoms with Gasteiger partial charge in [-0.1, -0.05) is 104 Å². The first-order valence-electron chi connectivity index (χ1n) is 11.5. The van der Waals surface area contributed by atoms with Gasteiger partial charge >= 0.3 is 51.4 Å². The molecule has 0 spiro atoms. The van der Waals surface area contributed by atoms with E-state index in [2.05, 4.69) is 6.92 Å². The fourth-order valence-electron chi connectivity index (χ4n) is 3.70. The van der Waals surface area contributed by atoms with Crippen LogP contribution in [0.4, 0.5) is 0 Å². The first-order chi connectivity index (χ1) is 12.9. The van der Waals surface area contributed by atoms with Gasteiger partial charge < -0.3 is 9.66 Å². The zero-order valence-electron chi connectivity index (χ0n) is 19.0. The van der Waals surface area contributed by atoms with Crippen molar-refractivity contribution in [1.82, 2.24) is 0 Å². The maximum atomic E-state index is 11.2. The predicted octanol–water partition coefficient (Wildman–Crippen LogP) is 3.33. The summed E-state index contributed by atoms with van der Waals surface area (Å²) in [5, 5.41) is 9.34. The van der Waals surface area contributed by atoms with Gasteiger partial charge in [0.05, 0.1) is 16.2 Å². The van der Waals surface area contributed by atoms with Gasteiger partial charge in [-0.3, -0.25) is 0 Å². The standard InChI is InChI=1S/C22H46O4S.K/c1-3-5-6-7-8-11-14-18-21(23)19-15-12-9-10-13-16-20-22(17-4-2)27(24,25)26;/h21-23H,3-20H2,1-2H3,(H,24,25,26);/q;+1/p-1. The monoisotopic (exact) mass is 444 g/mol. The summed E-state index contributed by atoms with van der Waals surface area (Å²) in [5.41, 5.74) is 0. The van der Waals surface area contributed by atoms with Crippen LogP contribution in [-0.4, -0.2) is 29.4 Å².